The topological polar surface area (TPSA) is 61.8 Å². The van der Waals surface area contributed by atoms with Crippen LogP contribution in [0.4, 0.5) is 15.9 Å². The number of aromatic nitrogens is 2. The van der Waals surface area contributed by atoms with Crippen LogP contribution in [0, 0.1) is 11.7 Å². The molecule has 0 spiro atoms. The number of benzene rings is 2. The molecular formula is C30H38FN5O2. The monoisotopic (exact) mass is 519 g/mol. The summed E-state index contributed by atoms with van der Waals surface area (Å²) >= 11 is 0. The molecule has 1 atom stereocenters. The van der Waals surface area contributed by atoms with Gasteiger partial charge in [0.2, 0.25) is 0 Å². The predicted molar refractivity (Wildman–Crippen MR) is 149 cm³/mol. The van der Waals surface area contributed by atoms with Crippen LogP contribution in [0.15, 0.2) is 36.5 Å². The van der Waals surface area contributed by atoms with Gasteiger partial charge in [-0.3, -0.25) is 9.78 Å². The lowest BCUT2D eigenvalue weighted by atomic mass is 9.98. The average Bonchev–Trinajstić information content (AvgIpc) is 3.40. The SMILES string of the molecule is CC(C)CCc1cc(F)cc(N2CCCC2c2cc(C(=O)N(C)C)cc3ncc(N4CCOCC4)nc23)c1. The summed E-state index contributed by atoms with van der Waals surface area (Å²) in [6.45, 7) is 8.07. The van der Waals surface area contributed by atoms with E-state index in [1.54, 1.807) is 37.3 Å². The minimum Gasteiger partial charge on any atom is -0.378 e. The molecule has 0 aliphatic carbocycles. The predicted octanol–water partition coefficient (Wildman–Crippen LogP) is 5.24. The molecule has 2 saturated heterocycles. The second kappa shape index (κ2) is 11.2. The van der Waals surface area contributed by atoms with Gasteiger partial charge >= 0.3 is 0 Å². The number of aryl methyl sites for hydroxylation is 1. The fraction of sp³-hybridized carbons (Fsp3) is 0.500. The van der Waals surface area contributed by atoms with E-state index in [2.05, 4.69) is 29.7 Å². The Labute approximate surface area is 224 Å². The summed E-state index contributed by atoms with van der Waals surface area (Å²) in [5.74, 6) is 1.10. The first kappa shape index (κ1) is 26.4. The van der Waals surface area contributed by atoms with Crippen LogP contribution < -0.4 is 9.80 Å². The van der Waals surface area contributed by atoms with Gasteiger partial charge in [-0.15, -0.1) is 0 Å². The molecule has 1 amide bonds. The summed E-state index contributed by atoms with van der Waals surface area (Å²) in [6, 6.07) is 9.21. The normalized spacial score (nSPS) is 18.0. The van der Waals surface area contributed by atoms with E-state index >= 15 is 0 Å². The highest BCUT2D eigenvalue weighted by Crippen LogP contribution is 2.40. The molecule has 2 aromatic carbocycles. The summed E-state index contributed by atoms with van der Waals surface area (Å²) in [4.78, 5) is 28.9. The number of hydrogen-bond acceptors (Lipinski definition) is 6. The third-order valence-corrected chi connectivity index (χ3v) is 7.55. The Morgan fingerprint density at radius 3 is 2.66 bits per heavy atom. The molecule has 1 aromatic heterocycles. The highest BCUT2D eigenvalue weighted by atomic mass is 19.1. The van der Waals surface area contributed by atoms with Crippen LogP contribution in [0.2, 0.25) is 0 Å². The number of carbonyl (C=O) groups is 1. The minimum atomic E-state index is -0.206. The van der Waals surface area contributed by atoms with E-state index in [1.165, 1.54) is 0 Å². The largest absolute Gasteiger partial charge is 0.378 e. The van der Waals surface area contributed by atoms with Crippen LogP contribution in [0.5, 0.6) is 0 Å². The lowest BCUT2D eigenvalue weighted by Crippen LogP contribution is -2.36. The van der Waals surface area contributed by atoms with Crippen LogP contribution >= 0.6 is 0 Å². The van der Waals surface area contributed by atoms with Crippen molar-refractivity contribution in [2.75, 3.05) is 56.7 Å². The number of ether oxygens (including phenoxy) is 1. The molecule has 202 valence electrons. The van der Waals surface area contributed by atoms with Gasteiger partial charge in [0.05, 0.1) is 36.5 Å². The molecule has 0 saturated carbocycles. The van der Waals surface area contributed by atoms with Gasteiger partial charge in [0.1, 0.15) is 11.6 Å². The Morgan fingerprint density at radius 1 is 1.13 bits per heavy atom. The Balaban J connectivity index is 1.59. The van der Waals surface area contributed by atoms with Crippen molar-refractivity contribution in [1.82, 2.24) is 14.9 Å². The molecule has 3 heterocycles. The number of anilines is 2. The van der Waals surface area contributed by atoms with Crippen molar-refractivity contribution < 1.29 is 13.9 Å². The molecule has 1 unspecified atom stereocenters. The Kier molecular flexibility index (Phi) is 7.79. The van der Waals surface area contributed by atoms with E-state index in [0.29, 0.717) is 30.2 Å². The molecule has 3 aromatic rings. The Morgan fingerprint density at radius 2 is 1.92 bits per heavy atom. The van der Waals surface area contributed by atoms with Crippen molar-refractivity contribution in [3.05, 3.63) is 59.0 Å². The number of fused-ring (bicyclic) bond motifs is 1. The number of halogens is 1. The van der Waals surface area contributed by atoms with Gasteiger partial charge in [-0.05, 0) is 67.5 Å². The number of hydrogen-bond donors (Lipinski definition) is 0. The van der Waals surface area contributed by atoms with Gasteiger partial charge < -0.3 is 19.4 Å². The van der Waals surface area contributed by atoms with Crippen LogP contribution in [0.25, 0.3) is 11.0 Å². The second-order valence-electron chi connectivity index (χ2n) is 11.1. The van der Waals surface area contributed by atoms with E-state index in [9.17, 15) is 9.18 Å². The highest BCUT2D eigenvalue weighted by Gasteiger charge is 2.30. The van der Waals surface area contributed by atoms with Crippen molar-refractivity contribution in [2.24, 2.45) is 5.92 Å². The van der Waals surface area contributed by atoms with Crippen molar-refractivity contribution in [3.63, 3.8) is 0 Å². The zero-order chi connectivity index (χ0) is 26.8. The molecular weight excluding hydrogens is 481 g/mol. The number of amides is 1. The van der Waals surface area contributed by atoms with E-state index in [1.807, 2.05) is 12.1 Å². The average molecular weight is 520 g/mol. The number of nitrogens with zero attached hydrogens (tertiary/aromatic N) is 5. The van der Waals surface area contributed by atoms with Gasteiger partial charge in [-0.1, -0.05) is 13.8 Å². The van der Waals surface area contributed by atoms with Crippen molar-refractivity contribution >= 4 is 28.4 Å². The van der Waals surface area contributed by atoms with Crippen LogP contribution in [-0.2, 0) is 11.2 Å². The van der Waals surface area contributed by atoms with Crippen molar-refractivity contribution in [1.29, 1.82) is 0 Å². The van der Waals surface area contributed by atoms with Crippen LogP contribution in [-0.4, -0.2) is 67.7 Å². The molecule has 2 aliphatic heterocycles. The van der Waals surface area contributed by atoms with Gasteiger partial charge in [-0.2, -0.15) is 0 Å². The highest BCUT2D eigenvalue weighted by molar-refractivity contribution is 5.98. The summed E-state index contributed by atoms with van der Waals surface area (Å²) < 4.78 is 20.3. The first-order valence-electron chi connectivity index (χ1n) is 13.7. The van der Waals surface area contributed by atoms with Crippen LogP contribution in [0.3, 0.4) is 0 Å². The molecule has 38 heavy (non-hydrogen) atoms. The third-order valence-electron chi connectivity index (χ3n) is 7.55. The molecule has 5 rings (SSSR count). The maximum atomic E-state index is 14.8. The summed E-state index contributed by atoms with van der Waals surface area (Å²) in [6.07, 6.45) is 5.54. The van der Waals surface area contributed by atoms with Crippen LogP contribution in [0.1, 0.15) is 60.6 Å². The van der Waals surface area contributed by atoms with Gasteiger partial charge in [-0.25, -0.2) is 9.37 Å². The molecule has 7 nitrogen and oxygen atoms in total. The van der Waals surface area contributed by atoms with Crippen molar-refractivity contribution in [2.45, 2.75) is 45.6 Å². The molecule has 8 heteroatoms. The fourth-order valence-corrected chi connectivity index (χ4v) is 5.51. The molecule has 2 aliphatic rings. The standard InChI is InChI=1S/C30H38FN5O2/c1-20(2)7-8-21-14-23(31)18-24(15-21)36-9-5-6-27(36)25-16-22(30(37)34(3)4)17-26-29(25)33-28(19-32-26)35-10-12-38-13-11-35/h14-20,27H,5-13H2,1-4H3. The number of carbonyl (C=O) groups excluding carboxylic acids is 1. The number of rotatable bonds is 7. The van der Waals surface area contributed by atoms with E-state index in [4.69, 9.17) is 14.7 Å². The number of morpholine rings is 1. The van der Waals surface area contributed by atoms with Gasteiger partial charge in [0, 0.05) is 50.5 Å². The Bertz CT molecular complexity index is 1310. The molecule has 0 bridgehead atoms. The third kappa shape index (κ3) is 5.60. The zero-order valence-corrected chi connectivity index (χ0v) is 22.9. The molecule has 2 fully saturated rings. The first-order chi connectivity index (χ1) is 18.3. The van der Waals surface area contributed by atoms with Gasteiger partial charge in [0.15, 0.2) is 0 Å². The summed E-state index contributed by atoms with van der Waals surface area (Å²) in [7, 11) is 3.51. The molecule has 0 radical (unpaired) electrons. The summed E-state index contributed by atoms with van der Waals surface area (Å²) in [5.41, 5.74) is 4.98. The smallest absolute Gasteiger partial charge is 0.253 e. The zero-order valence-electron chi connectivity index (χ0n) is 22.9. The van der Waals surface area contributed by atoms with E-state index < -0.39 is 0 Å². The fourth-order valence-electron chi connectivity index (χ4n) is 5.51. The lowest BCUT2D eigenvalue weighted by Gasteiger charge is -2.30. The molecule has 0 N–H and O–H groups in total. The van der Waals surface area contributed by atoms with Gasteiger partial charge in [0.25, 0.3) is 5.91 Å². The van der Waals surface area contributed by atoms with E-state index in [-0.39, 0.29) is 17.8 Å². The summed E-state index contributed by atoms with van der Waals surface area (Å²) in [5, 5.41) is 0. The minimum absolute atomic E-state index is 0.0265. The Hall–Kier alpha value is -3.26. The second-order valence-corrected chi connectivity index (χ2v) is 11.1. The maximum absolute atomic E-state index is 14.8. The van der Waals surface area contributed by atoms with E-state index in [0.717, 1.165) is 73.5 Å². The quantitative estimate of drug-likeness (QED) is 0.426. The first-order valence-corrected chi connectivity index (χ1v) is 13.7. The maximum Gasteiger partial charge on any atom is 0.253 e. The lowest BCUT2D eigenvalue weighted by molar-refractivity contribution is 0.0827. The van der Waals surface area contributed by atoms with Crippen molar-refractivity contribution in [3.8, 4) is 0 Å².